The first-order valence-corrected chi connectivity index (χ1v) is 3.59. The molecule has 2 nitrogen and oxygen atoms in total. The number of hydrogen-bond donors (Lipinski definition) is 1. The molecule has 1 aromatic rings. The van der Waals surface area contributed by atoms with Crippen LogP contribution in [-0.4, -0.2) is 10.9 Å². The predicted molar refractivity (Wildman–Crippen MR) is 43.1 cm³/mol. The van der Waals surface area contributed by atoms with Gasteiger partial charge in [0.2, 0.25) is 0 Å². The molecule has 0 atom stereocenters. The summed E-state index contributed by atoms with van der Waals surface area (Å²) in [5.41, 5.74) is 0.148. The molecule has 1 rings (SSSR count). The molecule has 0 aliphatic rings. The van der Waals surface area contributed by atoms with Gasteiger partial charge in [0.25, 0.3) is 0 Å². The number of halogens is 2. The van der Waals surface area contributed by atoms with E-state index in [0.717, 1.165) is 6.07 Å². The molecule has 0 radical (unpaired) electrons. The van der Waals surface area contributed by atoms with E-state index < -0.39 is 11.6 Å². The Morgan fingerprint density at radius 2 is 2.17 bits per heavy atom. The Kier molecular flexibility index (Phi) is 2.33. The van der Waals surface area contributed by atoms with Crippen molar-refractivity contribution in [3.05, 3.63) is 28.5 Å². The van der Waals surface area contributed by atoms with Crippen LogP contribution in [0.1, 0.15) is 17.3 Å². The van der Waals surface area contributed by atoms with Gasteiger partial charge >= 0.3 is 0 Å². The standard InChI is InChI=1S/C8H6ClFO2/c1-4(11)5-2-6(9)8(12)7(10)3-5/h2-3,12H,1H3. The minimum Gasteiger partial charge on any atom is -0.504 e. The summed E-state index contributed by atoms with van der Waals surface area (Å²) in [4.78, 5) is 10.8. The number of aromatic hydroxyl groups is 1. The van der Waals surface area contributed by atoms with E-state index in [-0.39, 0.29) is 16.4 Å². The van der Waals surface area contributed by atoms with E-state index in [1.165, 1.54) is 13.0 Å². The molecule has 64 valence electrons. The third-order valence-corrected chi connectivity index (χ3v) is 1.71. The van der Waals surface area contributed by atoms with Gasteiger partial charge in [-0.15, -0.1) is 0 Å². The van der Waals surface area contributed by atoms with E-state index >= 15 is 0 Å². The van der Waals surface area contributed by atoms with Crippen LogP contribution in [0.25, 0.3) is 0 Å². The van der Waals surface area contributed by atoms with Crippen molar-refractivity contribution < 1.29 is 14.3 Å². The molecule has 4 heteroatoms. The molecule has 0 spiro atoms. The quantitative estimate of drug-likeness (QED) is 0.687. The van der Waals surface area contributed by atoms with Gasteiger partial charge in [-0.3, -0.25) is 4.79 Å². The van der Waals surface area contributed by atoms with Crippen LogP contribution in [-0.2, 0) is 0 Å². The van der Waals surface area contributed by atoms with Crippen LogP contribution in [0.3, 0.4) is 0 Å². The van der Waals surface area contributed by atoms with E-state index in [4.69, 9.17) is 16.7 Å². The maximum absolute atomic E-state index is 12.7. The van der Waals surface area contributed by atoms with Crippen LogP contribution in [0.2, 0.25) is 5.02 Å². The maximum atomic E-state index is 12.7. The lowest BCUT2D eigenvalue weighted by molar-refractivity contribution is 0.101. The highest BCUT2D eigenvalue weighted by atomic mass is 35.5. The zero-order valence-electron chi connectivity index (χ0n) is 6.27. The highest BCUT2D eigenvalue weighted by Gasteiger charge is 2.09. The maximum Gasteiger partial charge on any atom is 0.170 e. The van der Waals surface area contributed by atoms with Gasteiger partial charge < -0.3 is 5.11 Å². The number of hydrogen-bond acceptors (Lipinski definition) is 2. The molecule has 1 aromatic carbocycles. The average Bonchev–Trinajstić information content (AvgIpc) is 1.99. The van der Waals surface area contributed by atoms with Crippen molar-refractivity contribution >= 4 is 17.4 Å². The number of ketones is 1. The van der Waals surface area contributed by atoms with Gasteiger partial charge in [-0.25, -0.2) is 4.39 Å². The van der Waals surface area contributed by atoms with E-state index in [1.807, 2.05) is 0 Å². The zero-order chi connectivity index (χ0) is 9.30. The second-order valence-corrected chi connectivity index (χ2v) is 2.75. The lowest BCUT2D eigenvalue weighted by Crippen LogP contribution is -1.93. The molecule has 0 unspecified atom stereocenters. The van der Waals surface area contributed by atoms with Gasteiger partial charge in [0.1, 0.15) is 0 Å². The monoisotopic (exact) mass is 188 g/mol. The SMILES string of the molecule is CC(=O)c1cc(F)c(O)c(Cl)c1. The van der Waals surface area contributed by atoms with Crippen LogP contribution >= 0.6 is 11.6 Å². The highest BCUT2D eigenvalue weighted by Crippen LogP contribution is 2.27. The molecular formula is C8H6ClFO2. The second kappa shape index (κ2) is 3.11. The van der Waals surface area contributed by atoms with Gasteiger partial charge in [-0.1, -0.05) is 11.6 Å². The summed E-state index contributed by atoms with van der Waals surface area (Å²) in [6.07, 6.45) is 0. The molecule has 0 bridgehead atoms. The van der Waals surface area contributed by atoms with Crippen molar-refractivity contribution in [2.75, 3.05) is 0 Å². The zero-order valence-corrected chi connectivity index (χ0v) is 7.02. The van der Waals surface area contributed by atoms with Crippen LogP contribution in [0.4, 0.5) is 4.39 Å². The molecule has 12 heavy (non-hydrogen) atoms. The molecule has 1 N–H and O–H groups in total. The topological polar surface area (TPSA) is 37.3 Å². The Morgan fingerprint density at radius 1 is 1.58 bits per heavy atom. The first-order valence-electron chi connectivity index (χ1n) is 3.21. The second-order valence-electron chi connectivity index (χ2n) is 2.34. The number of carbonyl (C=O) groups is 1. The van der Waals surface area contributed by atoms with Gasteiger partial charge in [-0.05, 0) is 19.1 Å². The van der Waals surface area contributed by atoms with Gasteiger partial charge in [0.15, 0.2) is 17.3 Å². The first-order chi connectivity index (χ1) is 5.52. The Hall–Kier alpha value is -1.09. The largest absolute Gasteiger partial charge is 0.504 e. The number of phenols is 1. The minimum absolute atomic E-state index is 0.148. The van der Waals surface area contributed by atoms with Crippen LogP contribution < -0.4 is 0 Å². The van der Waals surface area contributed by atoms with E-state index in [0.29, 0.717) is 0 Å². The summed E-state index contributed by atoms with van der Waals surface area (Å²) in [5.74, 6) is -1.80. The number of Topliss-reactive ketones (excluding diaryl/α,β-unsaturated/α-hetero) is 1. The Labute approximate surface area is 73.6 Å². The summed E-state index contributed by atoms with van der Waals surface area (Å²) in [5, 5.41) is 8.74. The average molecular weight is 189 g/mol. The smallest absolute Gasteiger partial charge is 0.170 e. The van der Waals surface area contributed by atoms with E-state index in [1.54, 1.807) is 0 Å². The lowest BCUT2D eigenvalue weighted by atomic mass is 10.1. The van der Waals surface area contributed by atoms with Crippen molar-refractivity contribution in [1.82, 2.24) is 0 Å². The number of benzene rings is 1. The summed E-state index contributed by atoms with van der Waals surface area (Å²) < 4.78 is 12.7. The van der Waals surface area contributed by atoms with Crippen molar-refractivity contribution in [1.29, 1.82) is 0 Å². The third-order valence-electron chi connectivity index (χ3n) is 1.42. The lowest BCUT2D eigenvalue weighted by Gasteiger charge is -2.00. The fourth-order valence-corrected chi connectivity index (χ4v) is 0.977. The molecule has 0 aliphatic carbocycles. The highest BCUT2D eigenvalue weighted by molar-refractivity contribution is 6.32. The molecule has 0 amide bonds. The summed E-state index contributed by atoms with van der Waals surface area (Å²) in [6.45, 7) is 1.29. The summed E-state index contributed by atoms with van der Waals surface area (Å²) in [7, 11) is 0. The van der Waals surface area contributed by atoms with E-state index in [9.17, 15) is 9.18 Å². The fourth-order valence-electron chi connectivity index (χ4n) is 0.769. The molecule has 0 aliphatic heterocycles. The van der Waals surface area contributed by atoms with Crippen molar-refractivity contribution in [3.63, 3.8) is 0 Å². The summed E-state index contributed by atoms with van der Waals surface area (Å²) >= 11 is 5.42. The van der Waals surface area contributed by atoms with Crippen molar-refractivity contribution in [2.45, 2.75) is 6.92 Å². The Balaban J connectivity index is 3.31. The van der Waals surface area contributed by atoms with Crippen LogP contribution in [0.5, 0.6) is 5.75 Å². The number of rotatable bonds is 1. The van der Waals surface area contributed by atoms with E-state index in [2.05, 4.69) is 0 Å². The van der Waals surface area contributed by atoms with Crippen molar-refractivity contribution in [2.24, 2.45) is 0 Å². The van der Waals surface area contributed by atoms with Gasteiger partial charge in [0.05, 0.1) is 5.02 Å². The normalized spacial score (nSPS) is 9.92. The Bertz CT molecular complexity index is 313. The molecule has 0 saturated heterocycles. The molecule has 0 aromatic heterocycles. The first kappa shape index (κ1) is 9.00. The summed E-state index contributed by atoms with van der Waals surface area (Å²) in [6, 6.07) is 2.17. The van der Waals surface area contributed by atoms with Crippen LogP contribution in [0.15, 0.2) is 12.1 Å². The van der Waals surface area contributed by atoms with Crippen molar-refractivity contribution in [3.8, 4) is 5.75 Å². The fraction of sp³-hybridized carbons (Fsp3) is 0.125. The number of phenolic OH excluding ortho intramolecular Hbond substituents is 1. The van der Waals surface area contributed by atoms with Gasteiger partial charge in [0, 0.05) is 5.56 Å². The minimum atomic E-state index is -0.882. The predicted octanol–water partition coefficient (Wildman–Crippen LogP) is 2.39. The molecule has 0 saturated carbocycles. The third kappa shape index (κ3) is 1.56. The molecule has 0 fully saturated rings. The van der Waals surface area contributed by atoms with Gasteiger partial charge in [-0.2, -0.15) is 0 Å². The molecule has 0 heterocycles. The number of carbonyl (C=O) groups excluding carboxylic acids is 1. The Morgan fingerprint density at radius 3 is 2.58 bits per heavy atom. The molecular weight excluding hydrogens is 183 g/mol. The van der Waals surface area contributed by atoms with Crippen LogP contribution in [0, 0.1) is 5.82 Å².